The number of carboxylic acid groups (broad SMARTS) is 1. The highest BCUT2D eigenvalue weighted by Crippen LogP contribution is 2.44. The van der Waals surface area contributed by atoms with E-state index in [0.29, 0.717) is 10.4 Å². The second kappa shape index (κ2) is 9.54. The molecule has 4 heteroatoms. The molecule has 2 nitrogen and oxygen atoms in total. The molecule has 2 atom stereocenters. The maximum atomic E-state index is 14.6. The van der Waals surface area contributed by atoms with E-state index in [-0.39, 0.29) is 23.2 Å². The van der Waals surface area contributed by atoms with E-state index in [2.05, 4.69) is 6.92 Å². The van der Waals surface area contributed by atoms with Crippen LogP contribution in [0.3, 0.4) is 0 Å². The third-order valence-electron chi connectivity index (χ3n) is 6.06. The van der Waals surface area contributed by atoms with Crippen LogP contribution in [0.2, 0.25) is 5.02 Å². The van der Waals surface area contributed by atoms with E-state index >= 15 is 0 Å². The molecule has 0 saturated carbocycles. The van der Waals surface area contributed by atoms with Gasteiger partial charge in [-0.2, -0.15) is 0 Å². The van der Waals surface area contributed by atoms with Crippen LogP contribution < -0.4 is 0 Å². The lowest BCUT2D eigenvalue weighted by Gasteiger charge is -2.30. The summed E-state index contributed by atoms with van der Waals surface area (Å²) in [5, 5.41) is 11.4. The molecule has 0 aliphatic carbocycles. The molecule has 0 spiro atoms. The molecule has 0 aromatic heterocycles. The van der Waals surface area contributed by atoms with Gasteiger partial charge in [0.1, 0.15) is 5.82 Å². The second-order valence-corrected chi connectivity index (χ2v) is 8.47. The third-order valence-corrected chi connectivity index (χ3v) is 6.31. The molecule has 4 aromatic carbocycles. The number of hydrogen-bond acceptors (Lipinski definition) is 1. The van der Waals surface area contributed by atoms with Crippen LogP contribution in [0.4, 0.5) is 4.39 Å². The lowest BCUT2D eigenvalue weighted by molar-refractivity contribution is 0.0697. The van der Waals surface area contributed by atoms with Crippen LogP contribution in [0.15, 0.2) is 84.9 Å². The first kappa shape index (κ1) is 22.0. The van der Waals surface area contributed by atoms with Crippen molar-refractivity contribution >= 4 is 28.3 Å². The van der Waals surface area contributed by atoms with Crippen LogP contribution in [0.5, 0.6) is 0 Å². The van der Waals surface area contributed by atoms with E-state index in [4.69, 9.17) is 11.6 Å². The molecule has 1 N–H and O–H groups in total. The Kier molecular flexibility index (Phi) is 6.57. The fourth-order valence-electron chi connectivity index (χ4n) is 4.57. The van der Waals surface area contributed by atoms with Crippen LogP contribution in [-0.2, 0) is 0 Å². The van der Waals surface area contributed by atoms with E-state index in [9.17, 15) is 14.3 Å². The van der Waals surface area contributed by atoms with Gasteiger partial charge < -0.3 is 5.11 Å². The van der Waals surface area contributed by atoms with Gasteiger partial charge in [-0.05, 0) is 64.7 Å². The van der Waals surface area contributed by atoms with Crippen molar-refractivity contribution in [3.05, 3.63) is 118 Å². The number of halogens is 2. The predicted octanol–water partition coefficient (Wildman–Crippen LogP) is 8.05. The average molecular weight is 447 g/mol. The second-order valence-electron chi connectivity index (χ2n) is 8.03. The Morgan fingerprint density at radius 1 is 0.875 bits per heavy atom. The largest absolute Gasteiger partial charge is 0.478 e. The maximum absolute atomic E-state index is 14.6. The van der Waals surface area contributed by atoms with Gasteiger partial charge in [-0.3, -0.25) is 0 Å². The van der Waals surface area contributed by atoms with Crippen molar-refractivity contribution in [1.82, 2.24) is 0 Å². The highest BCUT2D eigenvalue weighted by molar-refractivity contribution is 6.30. The summed E-state index contributed by atoms with van der Waals surface area (Å²) in [4.78, 5) is 11.3. The molecule has 162 valence electrons. The summed E-state index contributed by atoms with van der Waals surface area (Å²) in [7, 11) is 0. The first-order chi connectivity index (χ1) is 15.5. The number of carbonyl (C=O) groups is 1. The summed E-state index contributed by atoms with van der Waals surface area (Å²) in [6.07, 6.45) is 1.85. The van der Waals surface area contributed by atoms with Crippen molar-refractivity contribution in [2.75, 3.05) is 0 Å². The van der Waals surface area contributed by atoms with Crippen LogP contribution in [0, 0.1) is 5.82 Å². The highest BCUT2D eigenvalue weighted by Gasteiger charge is 2.28. The fourth-order valence-corrected chi connectivity index (χ4v) is 4.69. The van der Waals surface area contributed by atoms with Crippen molar-refractivity contribution < 1.29 is 14.3 Å². The Morgan fingerprint density at radius 3 is 2.12 bits per heavy atom. The smallest absolute Gasteiger partial charge is 0.335 e. The fraction of sp³-hybridized carbons (Fsp3) is 0.179. The van der Waals surface area contributed by atoms with Crippen LogP contribution in [0.1, 0.15) is 58.6 Å². The van der Waals surface area contributed by atoms with Gasteiger partial charge >= 0.3 is 5.97 Å². The molecule has 4 aromatic rings. The summed E-state index contributed by atoms with van der Waals surface area (Å²) in [6, 6.07) is 25.9. The highest BCUT2D eigenvalue weighted by atomic mass is 35.5. The minimum Gasteiger partial charge on any atom is -0.478 e. The lowest BCUT2D eigenvalue weighted by Crippen LogP contribution is -2.14. The molecule has 0 heterocycles. The molecule has 4 rings (SSSR count). The first-order valence-electron chi connectivity index (χ1n) is 10.8. The summed E-state index contributed by atoms with van der Waals surface area (Å²) in [5.74, 6) is -1.15. The van der Waals surface area contributed by atoms with Crippen molar-refractivity contribution in [1.29, 1.82) is 0 Å². The molecule has 0 bridgehead atoms. The zero-order chi connectivity index (χ0) is 22.7. The Bertz CT molecular complexity index is 1230. The molecule has 0 saturated heterocycles. The van der Waals surface area contributed by atoms with Crippen LogP contribution in [0.25, 0.3) is 10.8 Å². The first-order valence-corrected chi connectivity index (χ1v) is 11.1. The molecule has 0 aliphatic heterocycles. The molecular weight excluding hydrogens is 423 g/mol. The number of fused-ring (bicyclic) bond motifs is 1. The number of carboxylic acids is 1. The van der Waals surface area contributed by atoms with Gasteiger partial charge in [-0.1, -0.05) is 79.5 Å². The van der Waals surface area contributed by atoms with E-state index in [1.165, 1.54) is 6.07 Å². The number of hydrogen-bond donors (Lipinski definition) is 1. The minimum absolute atomic E-state index is 0.0478. The summed E-state index contributed by atoms with van der Waals surface area (Å²) in [6.45, 7) is 2.14. The molecule has 0 fully saturated rings. The zero-order valence-electron chi connectivity index (χ0n) is 17.8. The van der Waals surface area contributed by atoms with Crippen molar-refractivity contribution in [2.24, 2.45) is 0 Å². The van der Waals surface area contributed by atoms with E-state index in [1.807, 2.05) is 66.7 Å². The molecule has 1 unspecified atom stereocenters. The third kappa shape index (κ3) is 4.39. The predicted molar refractivity (Wildman–Crippen MR) is 128 cm³/mol. The standard InChI is InChI=1S/C28H24ClFO2/c1-2-5-22(18-8-10-20(11-9-18)28(31)32)27(19-12-14-21(29)15-13-19)25-16-17-26(30)24-7-4-3-6-23(24)25/h3-4,6-17,22,27H,2,5H2,1H3,(H,31,32)/t22-,27?/m1/s1. The van der Waals surface area contributed by atoms with Crippen LogP contribution >= 0.6 is 11.6 Å². The number of aromatic carboxylic acids is 1. The van der Waals surface area contributed by atoms with Gasteiger partial charge in [0, 0.05) is 16.3 Å². The quantitative estimate of drug-likeness (QED) is 0.312. The Hall–Kier alpha value is -3.17. The lowest BCUT2D eigenvalue weighted by atomic mass is 9.74. The van der Waals surface area contributed by atoms with Gasteiger partial charge in [-0.25, -0.2) is 9.18 Å². The van der Waals surface area contributed by atoms with Crippen molar-refractivity contribution in [3.63, 3.8) is 0 Å². The number of benzene rings is 4. The average Bonchev–Trinajstić information content (AvgIpc) is 2.81. The summed E-state index contributed by atoms with van der Waals surface area (Å²) in [5.41, 5.74) is 3.46. The van der Waals surface area contributed by atoms with Crippen molar-refractivity contribution in [2.45, 2.75) is 31.6 Å². The number of rotatable bonds is 7. The van der Waals surface area contributed by atoms with E-state index < -0.39 is 5.97 Å². The minimum atomic E-state index is -0.942. The molecular formula is C28H24ClFO2. The van der Waals surface area contributed by atoms with Crippen LogP contribution in [-0.4, -0.2) is 11.1 Å². The van der Waals surface area contributed by atoms with E-state index in [1.54, 1.807) is 12.1 Å². The van der Waals surface area contributed by atoms with Gasteiger partial charge in [0.25, 0.3) is 0 Å². The van der Waals surface area contributed by atoms with Crippen molar-refractivity contribution in [3.8, 4) is 0 Å². The monoisotopic (exact) mass is 446 g/mol. The molecule has 32 heavy (non-hydrogen) atoms. The normalized spacial score (nSPS) is 13.1. The zero-order valence-corrected chi connectivity index (χ0v) is 18.5. The van der Waals surface area contributed by atoms with Gasteiger partial charge in [0.15, 0.2) is 0 Å². The SMILES string of the molecule is CCC[C@H](c1ccc(C(=O)O)cc1)C(c1ccc(Cl)cc1)c1ccc(F)c2ccccc12. The Balaban J connectivity index is 1.93. The molecule has 0 amide bonds. The van der Waals surface area contributed by atoms with E-state index in [0.717, 1.165) is 34.9 Å². The van der Waals surface area contributed by atoms with Gasteiger partial charge in [0.2, 0.25) is 0 Å². The summed E-state index contributed by atoms with van der Waals surface area (Å²) >= 11 is 6.18. The van der Waals surface area contributed by atoms with Gasteiger partial charge in [-0.15, -0.1) is 0 Å². The Labute approximate surface area is 192 Å². The maximum Gasteiger partial charge on any atom is 0.335 e. The molecule has 0 radical (unpaired) electrons. The Morgan fingerprint density at radius 2 is 1.50 bits per heavy atom. The summed E-state index contributed by atoms with van der Waals surface area (Å²) < 4.78 is 14.6. The topological polar surface area (TPSA) is 37.3 Å². The van der Waals surface area contributed by atoms with Gasteiger partial charge in [0.05, 0.1) is 5.56 Å². The molecule has 0 aliphatic rings.